The maximum atomic E-state index is 9.90. The van der Waals surface area contributed by atoms with Crippen LogP contribution in [0.5, 0.6) is 0 Å². The summed E-state index contributed by atoms with van der Waals surface area (Å²) in [5.41, 5.74) is 0. The first-order valence-electron chi connectivity index (χ1n) is 4.40. The molecule has 1 aliphatic carbocycles. The molecule has 2 nitrogen and oxygen atoms in total. The third-order valence-electron chi connectivity index (χ3n) is 2.42. The molecule has 0 saturated heterocycles. The van der Waals surface area contributed by atoms with Gasteiger partial charge in [0.2, 0.25) is 6.08 Å². The van der Waals surface area contributed by atoms with E-state index >= 15 is 0 Å². The van der Waals surface area contributed by atoms with E-state index in [0.717, 1.165) is 12.3 Å². The highest BCUT2D eigenvalue weighted by Gasteiger charge is 2.16. The molecule has 0 heterocycles. The van der Waals surface area contributed by atoms with E-state index in [2.05, 4.69) is 4.99 Å². The number of isocyanates is 1. The molecule has 0 aromatic rings. The highest BCUT2D eigenvalue weighted by molar-refractivity contribution is 5.33. The summed E-state index contributed by atoms with van der Waals surface area (Å²) in [6.45, 7) is 1.99. The minimum Gasteiger partial charge on any atom is -0.211 e. The molecule has 62 valence electrons. The van der Waals surface area contributed by atoms with Gasteiger partial charge in [-0.3, -0.25) is 0 Å². The highest BCUT2D eigenvalue weighted by Crippen LogP contribution is 2.28. The Labute approximate surface area is 67.7 Å². The quantitative estimate of drug-likeness (QED) is 0.452. The van der Waals surface area contributed by atoms with E-state index in [1.54, 1.807) is 6.08 Å². The van der Waals surface area contributed by atoms with Gasteiger partial charge in [0.05, 0.1) is 6.04 Å². The minimum absolute atomic E-state index is 0.190. The molecule has 0 aromatic carbocycles. The second-order valence-corrected chi connectivity index (χ2v) is 3.46. The van der Waals surface area contributed by atoms with E-state index in [9.17, 15) is 4.79 Å². The molecule has 1 rings (SSSR count). The summed E-state index contributed by atoms with van der Waals surface area (Å²) < 4.78 is 0. The predicted molar refractivity (Wildman–Crippen MR) is 44.2 cm³/mol. The molecule has 1 atom stereocenters. The van der Waals surface area contributed by atoms with Crippen molar-refractivity contribution in [1.29, 1.82) is 0 Å². The van der Waals surface area contributed by atoms with Crippen LogP contribution >= 0.6 is 0 Å². The van der Waals surface area contributed by atoms with E-state index in [-0.39, 0.29) is 6.04 Å². The molecular weight excluding hydrogens is 138 g/mol. The largest absolute Gasteiger partial charge is 0.235 e. The van der Waals surface area contributed by atoms with Crippen molar-refractivity contribution in [1.82, 2.24) is 0 Å². The van der Waals surface area contributed by atoms with Crippen molar-refractivity contribution in [3.05, 3.63) is 0 Å². The van der Waals surface area contributed by atoms with Crippen molar-refractivity contribution in [2.45, 2.75) is 45.1 Å². The Morgan fingerprint density at radius 3 is 2.73 bits per heavy atom. The molecule has 0 amide bonds. The lowest BCUT2D eigenvalue weighted by molar-refractivity contribution is 0.457. The van der Waals surface area contributed by atoms with Crippen molar-refractivity contribution in [2.75, 3.05) is 0 Å². The fourth-order valence-electron chi connectivity index (χ4n) is 1.87. The lowest BCUT2D eigenvalue weighted by Gasteiger charge is -2.09. The average Bonchev–Trinajstić information content (AvgIpc) is 2.40. The van der Waals surface area contributed by atoms with Gasteiger partial charge in [-0.2, -0.15) is 0 Å². The van der Waals surface area contributed by atoms with Gasteiger partial charge in [-0.1, -0.05) is 25.7 Å². The molecular formula is C9H15NO. The van der Waals surface area contributed by atoms with Crippen LogP contribution in [0.1, 0.15) is 39.0 Å². The molecule has 2 heteroatoms. The van der Waals surface area contributed by atoms with Gasteiger partial charge in [-0.05, 0) is 19.3 Å². The molecule has 0 radical (unpaired) electrons. The molecule has 1 saturated carbocycles. The van der Waals surface area contributed by atoms with Gasteiger partial charge in [0.25, 0.3) is 0 Å². The molecule has 0 aliphatic heterocycles. The summed E-state index contributed by atoms with van der Waals surface area (Å²) >= 11 is 0. The summed E-state index contributed by atoms with van der Waals surface area (Å²) in [7, 11) is 0. The number of nitrogens with zero attached hydrogens (tertiary/aromatic N) is 1. The summed E-state index contributed by atoms with van der Waals surface area (Å²) in [5.74, 6) is 0.821. The van der Waals surface area contributed by atoms with E-state index < -0.39 is 0 Å². The second kappa shape index (κ2) is 4.30. The number of hydrogen-bond acceptors (Lipinski definition) is 2. The Balaban J connectivity index is 2.23. The first-order chi connectivity index (χ1) is 5.33. The smallest absolute Gasteiger partial charge is 0.211 e. The van der Waals surface area contributed by atoms with Crippen molar-refractivity contribution < 1.29 is 4.79 Å². The van der Waals surface area contributed by atoms with Crippen LogP contribution in [-0.4, -0.2) is 12.1 Å². The second-order valence-electron chi connectivity index (χ2n) is 3.46. The molecule has 11 heavy (non-hydrogen) atoms. The molecule has 1 unspecified atom stereocenters. The molecule has 0 spiro atoms. The van der Waals surface area contributed by atoms with Crippen LogP contribution in [0.25, 0.3) is 0 Å². The van der Waals surface area contributed by atoms with Gasteiger partial charge >= 0.3 is 0 Å². The minimum atomic E-state index is 0.190. The zero-order chi connectivity index (χ0) is 8.10. The molecule has 0 N–H and O–H groups in total. The van der Waals surface area contributed by atoms with Crippen molar-refractivity contribution >= 4 is 6.08 Å². The molecule has 1 fully saturated rings. The zero-order valence-electron chi connectivity index (χ0n) is 7.05. The third kappa shape index (κ3) is 2.85. The van der Waals surface area contributed by atoms with Crippen molar-refractivity contribution in [3.8, 4) is 0 Å². The van der Waals surface area contributed by atoms with Crippen LogP contribution < -0.4 is 0 Å². The fourth-order valence-corrected chi connectivity index (χ4v) is 1.87. The van der Waals surface area contributed by atoms with Crippen LogP contribution in [0.2, 0.25) is 0 Å². The SMILES string of the molecule is CC(CC1CCCC1)N=C=O. The first-order valence-corrected chi connectivity index (χ1v) is 4.40. The van der Waals surface area contributed by atoms with Crippen molar-refractivity contribution in [2.24, 2.45) is 10.9 Å². The maximum absolute atomic E-state index is 9.90. The summed E-state index contributed by atoms with van der Waals surface area (Å²) in [6.07, 6.45) is 8.09. The molecule has 0 aromatic heterocycles. The normalized spacial score (nSPS) is 21.2. The van der Waals surface area contributed by atoms with E-state index in [1.165, 1.54) is 25.7 Å². The number of carbonyl (C=O) groups excluding carboxylic acids is 1. The van der Waals surface area contributed by atoms with Gasteiger partial charge in [0, 0.05) is 0 Å². The number of aliphatic imine (C=N–C) groups is 1. The predicted octanol–water partition coefficient (Wildman–Crippen LogP) is 2.29. The lowest BCUT2D eigenvalue weighted by Crippen LogP contribution is -2.04. The van der Waals surface area contributed by atoms with E-state index in [4.69, 9.17) is 0 Å². The summed E-state index contributed by atoms with van der Waals surface area (Å²) in [6, 6.07) is 0.190. The van der Waals surface area contributed by atoms with Gasteiger partial charge in [0.15, 0.2) is 0 Å². The Morgan fingerprint density at radius 1 is 1.55 bits per heavy atom. The third-order valence-corrected chi connectivity index (χ3v) is 2.42. The number of hydrogen-bond donors (Lipinski definition) is 0. The Bertz CT molecular complexity index is 155. The Morgan fingerprint density at radius 2 is 2.18 bits per heavy atom. The Kier molecular flexibility index (Phi) is 3.31. The lowest BCUT2D eigenvalue weighted by atomic mass is 10.00. The van der Waals surface area contributed by atoms with Crippen LogP contribution in [-0.2, 0) is 4.79 Å². The zero-order valence-corrected chi connectivity index (χ0v) is 7.05. The van der Waals surface area contributed by atoms with Gasteiger partial charge in [-0.25, -0.2) is 9.79 Å². The standard InChI is InChI=1S/C9H15NO/c1-8(10-7-11)6-9-4-2-3-5-9/h8-9H,2-6H2,1H3. The Hall–Kier alpha value is -0.620. The van der Waals surface area contributed by atoms with Gasteiger partial charge in [0.1, 0.15) is 0 Å². The maximum Gasteiger partial charge on any atom is 0.235 e. The molecule has 0 bridgehead atoms. The summed E-state index contributed by atoms with van der Waals surface area (Å²) in [4.78, 5) is 13.6. The van der Waals surface area contributed by atoms with Crippen molar-refractivity contribution in [3.63, 3.8) is 0 Å². The average molecular weight is 153 g/mol. The molecule has 1 aliphatic rings. The monoisotopic (exact) mass is 153 g/mol. The van der Waals surface area contributed by atoms with Crippen LogP contribution in [0.3, 0.4) is 0 Å². The topological polar surface area (TPSA) is 29.4 Å². The fraction of sp³-hybridized carbons (Fsp3) is 0.889. The first kappa shape index (κ1) is 8.48. The van der Waals surface area contributed by atoms with E-state index in [1.807, 2.05) is 6.92 Å². The summed E-state index contributed by atoms with van der Waals surface area (Å²) in [5, 5.41) is 0. The number of rotatable bonds is 3. The highest BCUT2D eigenvalue weighted by atomic mass is 16.1. The van der Waals surface area contributed by atoms with E-state index in [0.29, 0.717) is 0 Å². The van der Waals surface area contributed by atoms with Crippen LogP contribution in [0.15, 0.2) is 4.99 Å². The van der Waals surface area contributed by atoms with Gasteiger partial charge in [-0.15, -0.1) is 0 Å². The van der Waals surface area contributed by atoms with Crippen LogP contribution in [0.4, 0.5) is 0 Å². The van der Waals surface area contributed by atoms with Gasteiger partial charge < -0.3 is 0 Å². The van der Waals surface area contributed by atoms with Crippen LogP contribution in [0, 0.1) is 5.92 Å².